The number of rotatable bonds is 13. The largest absolute Gasteiger partial charge is 0.459 e. The zero-order chi connectivity index (χ0) is 27.3. The summed E-state index contributed by atoms with van der Waals surface area (Å²) in [6, 6.07) is 7.09. The molecule has 0 spiro atoms. The molecule has 0 heterocycles. The molecule has 1 aromatic carbocycles. The molecule has 0 aliphatic heterocycles. The van der Waals surface area contributed by atoms with Gasteiger partial charge in [-0.3, -0.25) is 14.4 Å². The SMILES string of the molecule is CC(C)CC(NC(=O)CNC(=O)C(CCC(N)=O)NC(=O)OC(C)(C)C)C(=O)OCc1ccccc1. The van der Waals surface area contributed by atoms with E-state index in [1.54, 1.807) is 20.8 Å². The third-order valence-corrected chi connectivity index (χ3v) is 4.66. The van der Waals surface area contributed by atoms with E-state index < -0.39 is 54.0 Å². The monoisotopic (exact) mass is 506 g/mol. The van der Waals surface area contributed by atoms with Crippen molar-refractivity contribution < 1.29 is 33.4 Å². The maximum atomic E-state index is 12.6. The Balaban J connectivity index is 2.70. The van der Waals surface area contributed by atoms with Gasteiger partial charge in [0.1, 0.15) is 24.3 Å². The number of primary amides is 1. The Labute approximate surface area is 211 Å². The lowest BCUT2D eigenvalue weighted by Crippen LogP contribution is -2.51. The minimum absolute atomic E-state index is 0.0682. The molecule has 0 radical (unpaired) electrons. The highest BCUT2D eigenvalue weighted by atomic mass is 16.6. The number of carbonyl (C=O) groups excluding carboxylic acids is 5. The number of carbonyl (C=O) groups is 5. The first-order valence-corrected chi connectivity index (χ1v) is 11.8. The minimum Gasteiger partial charge on any atom is -0.459 e. The quantitative estimate of drug-likeness (QED) is 0.294. The average Bonchev–Trinajstić information content (AvgIpc) is 2.77. The Morgan fingerprint density at radius 1 is 0.972 bits per heavy atom. The summed E-state index contributed by atoms with van der Waals surface area (Å²) in [7, 11) is 0. The van der Waals surface area contributed by atoms with Crippen LogP contribution in [0.3, 0.4) is 0 Å². The van der Waals surface area contributed by atoms with Crippen LogP contribution in [0.4, 0.5) is 4.79 Å². The number of hydrogen-bond acceptors (Lipinski definition) is 7. The average molecular weight is 507 g/mol. The van der Waals surface area contributed by atoms with E-state index in [4.69, 9.17) is 15.2 Å². The molecular weight excluding hydrogens is 468 g/mol. The Morgan fingerprint density at radius 2 is 1.61 bits per heavy atom. The smallest absolute Gasteiger partial charge is 0.408 e. The van der Waals surface area contributed by atoms with Crippen molar-refractivity contribution in [2.75, 3.05) is 6.54 Å². The highest BCUT2D eigenvalue weighted by molar-refractivity contribution is 5.91. The van der Waals surface area contributed by atoms with E-state index in [1.807, 2.05) is 44.2 Å². The van der Waals surface area contributed by atoms with Crippen molar-refractivity contribution in [3.8, 4) is 0 Å². The normalized spacial score (nSPS) is 12.7. The van der Waals surface area contributed by atoms with Crippen LogP contribution in [0.5, 0.6) is 0 Å². The highest BCUT2D eigenvalue weighted by Gasteiger charge is 2.27. The summed E-state index contributed by atoms with van der Waals surface area (Å²) >= 11 is 0. The predicted octanol–water partition coefficient (Wildman–Crippen LogP) is 1.54. The van der Waals surface area contributed by atoms with E-state index in [0.717, 1.165) is 5.56 Å². The summed E-state index contributed by atoms with van der Waals surface area (Å²) in [4.78, 5) is 60.9. The molecule has 11 nitrogen and oxygen atoms in total. The summed E-state index contributed by atoms with van der Waals surface area (Å²) in [6.45, 7) is 8.39. The van der Waals surface area contributed by atoms with E-state index >= 15 is 0 Å². The molecule has 0 aliphatic carbocycles. The zero-order valence-corrected chi connectivity index (χ0v) is 21.6. The molecule has 0 aliphatic rings. The molecule has 5 N–H and O–H groups in total. The molecule has 0 bridgehead atoms. The molecule has 0 fully saturated rings. The molecule has 200 valence electrons. The van der Waals surface area contributed by atoms with Crippen molar-refractivity contribution in [2.45, 2.75) is 78.2 Å². The van der Waals surface area contributed by atoms with Crippen molar-refractivity contribution in [3.63, 3.8) is 0 Å². The number of alkyl carbamates (subject to hydrolysis) is 1. The predicted molar refractivity (Wildman–Crippen MR) is 132 cm³/mol. The van der Waals surface area contributed by atoms with E-state index in [1.165, 1.54) is 0 Å². The zero-order valence-electron chi connectivity index (χ0n) is 21.6. The Kier molecular flexibility index (Phi) is 12.4. The molecule has 2 atom stereocenters. The van der Waals surface area contributed by atoms with Crippen LogP contribution in [-0.2, 0) is 35.3 Å². The third-order valence-electron chi connectivity index (χ3n) is 4.66. The van der Waals surface area contributed by atoms with Gasteiger partial charge in [-0.25, -0.2) is 9.59 Å². The van der Waals surface area contributed by atoms with Gasteiger partial charge in [0.2, 0.25) is 17.7 Å². The Hall–Kier alpha value is -3.63. The van der Waals surface area contributed by atoms with Crippen LogP contribution < -0.4 is 21.7 Å². The standard InChI is InChI=1S/C25H38N4O7/c1-16(2)13-19(23(33)35-15-17-9-7-6-8-10-17)28-21(31)14-27-22(32)18(11-12-20(26)30)29-24(34)36-25(3,4)5/h6-10,16,18-19H,11-15H2,1-5H3,(H2,26,30)(H,27,32)(H,28,31)(H,29,34). The second-order valence-electron chi connectivity index (χ2n) is 9.76. The molecule has 2 unspecified atom stereocenters. The third kappa shape index (κ3) is 13.3. The van der Waals surface area contributed by atoms with Crippen molar-refractivity contribution in [1.82, 2.24) is 16.0 Å². The van der Waals surface area contributed by atoms with Crippen molar-refractivity contribution in [3.05, 3.63) is 35.9 Å². The van der Waals surface area contributed by atoms with E-state index in [2.05, 4.69) is 16.0 Å². The topological polar surface area (TPSA) is 166 Å². The summed E-state index contributed by atoms with van der Waals surface area (Å²) < 4.78 is 10.5. The van der Waals surface area contributed by atoms with Crippen molar-refractivity contribution in [2.24, 2.45) is 11.7 Å². The van der Waals surface area contributed by atoms with Gasteiger partial charge in [0.05, 0.1) is 6.54 Å². The Bertz CT molecular complexity index is 897. The molecule has 36 heavy (non-hydrogen) atoms. The van der Waals surface area contributed by atoms with Gasteiger partial charge < -0.3 is 31.2 Å². The minimum atomic E-state index is -1.15. The first kappa shape index (κ1) is 30.4. The number of amides is 4. The van der Waals surface area contributed by atoms with Gasteiger partial charge in [0.15, 0.2) is 0 Å². The molecule has 0 saturated heterocycles. The van der Waals surface area contributed by atoms with Crippen LogP contribution in [0.25, 0.3) is 0 Å². The fourth-order valence-corrected chi connectivity index (χ4v) is 3.06. The Morgan fingerprint density at radius 3 is 2.17 bits per heavy atom. The van der Waals surface area contributed by atoms with Crippen LogP contribution in [-0.4, -0.2) is 54.0 Å². The van der Waals surface area contributed by atoms with Gasteiger partial charge in [0.25, 0.3) is 0 Å². The van der Waals surface area contributed by atoms with Crippen LogP contribution in [0.15, 0.2) is 30.3 Å². The fraction of sp³-hybridized carbons (Fsp3) is 0.560. The molecule has 11 heteroatoms. The van der Waals surface area contributed by atoms with E-state index in [-0.39, 0.29) is 25.4 Å². The summed E-state index contributed by atoms with van der Waals surface area (Å²) in [5.41, 5.74) is 5.17. The lowest BCUT2D eigenvalue weighted by molar-refractivity contribution is -0.149. The maximum absolute atomic E-state index is 12.6. The number of ether oxygens (including phenoxy) is 2. The summed E-state index contributed by atoms with van der Waals surface area (Å²) in [5.74, 6) is -2.47. The molecule has 1 aromatic rings. The number of benzene rings is 1. The van der Waals surface area contributed by atoms with Crippen molar-refractivity contribution >= 4 is 29.8 Å². The van der Waals surface area contributed by atoms with Gasteiger partial charge in [-0.1, -0.05) is 44.2 Å². The van der Waals surface area contributed by atoms with Gasteiger partial charge in [-0.05, 0) is 45.1 Å². The first-order valence-electron chi connectivity index (χ1n) is 11.8. The molecule has 0 aromatic heterocycles. The van der Waals surface area contributed by atoms with Gasteiger partial charge in [0, 0.05) is 6.42 Å². The second kappa shape index (κ2) is 14.7. The lowest BCUT2D eigenvalue weighted by Gasteiger charge is -2.23. The van der Waals surface area contributed by atoms with Gasteiger partial charge in [-0.2, -0.15) is 0 Å². The second-order valence-corrected chi connectivity index (χ2v) is 9.76. The fourth-order valence-electron chi connectivity index (χ4n) is 3.06. The number of nitrogens with one attached hydrogen (secondary N) is 3. The van der Waals surface area contributed by atoms with Crippen LogP contribution in [0, 0.1) is 5.92 Å². The number of hydrogen-bond donors (Lipinski definition) is 4. The van der Waals surface area contributed by atoms with Gasteiger partial charge >= 0.3 is 12.1 Å². The van der Waals surface area contributed by atoms with Crippen molar-refractivity contribution in [1.29, 1.82) is 0 Å². The molecule has 4 amide bonds. The molecular formula is C25H38N4O7. The van der Waals surface area contributed by atoms with Gasteiger partial charge in [-0.15, -0.1) is 0 Å². The van der Waals surface area contributed by atoms with Crippen LogP contribution in [0.2, 0.25) is 0 Å². The first-order chi connectivity index (χ1) is 16.8. The van der Waals surface area contributed by atoms with E-state index in [9.17, 15) is 24.0 Å². The maximum Gasteiger partial charge on any atom is 0.408 e. The summed E-state index contributed by atoms with van der Waals surface area (Å²) in [6.07, 6.45) is -0.753. The number of nitrogens with two attached hydrogens (primary N) is 1. The molecule has 0 saturated carbocycles. The lowest BCUT2D eigenvalue weighted by atomic mass is 10.0. The van der Waals surface area contributed by atoms with Crippen LogP contribution >= 0.6 is 0 Å². The highest BCUT2D eigenvalue weighted by Crippen LogP contribution is 2.10. The number of esters is 1. The summed E-state index contributed by atoms with van der Waals surface area (Å²) in [5, 5.41) is 7.37. The molecule has 1 rings (SSSR count). The van der Waals surface area contributed by atoms with Crippen LogP contribution in [0.1, 0.15) is 59.4 Å². The van der Waals surface area contributed by atoms with E-state index in [0.29, 0.717) is 6.42 Å².